The van der Waals surface area contributed by atoms with Gasteiger partial charge in [0.25, 0.3) is 5.91 Å². The molecule has 6 nitrogen and oxygen atoms in total. The Morgan fingerprint density at radius 1 is 1.24 bits per heavy atom. The molecule has 3 aromatic heterocycles. The van der Waals surface area contributed by atoms with Gasteiger partial charge in [-0.2, -0.15) is 5.10 Å². The molecule has 4 heterocycles. The first-order valence-electron chi connectivity index (χ1n) is 10.5. The number of aromatic nitrogens is 4. The topological polar surface area (TPSA) is 63.9 Å². The third-order valence-corrected chi connectivity index (χ3v) is 5.67. The molecular formula is C23H29N5O. The molecule has 0 atom stereocenters. The summed E-state index contributed by atoms with van der Waals surface area (Å²) in [5, 5.41) is 6.23. The number of nitrogens with zero attached hydrogens (tertiary/aromatic N) is 5. The van der Waals surface area contributed by atoms with E-state index in [0.717, 1.165) is 49.5 Å². The molecule has 1 aliphatic rings. The van der Waals surface area contributed by atoms with Crippen LogP contribution in [0.2, 0.25) is 0 Å². The van der Waals surface area contributed by atoms with Gasteiger partial charge >= 0.3 is 0 Å². The number of aryl methyl sites for hydroxylation is 2. The second-order valence-electron chi connectivity index (χ2n) is 8.55. The zero-order chi connectivity index (χ0) is 20.5. The molecule has 0 bridgehead atoms. The number of rotatable bonds is 4. The van der Waals surface area contributed by atoms with E-state index < -0.39 is 0 Å². The second kappa shape index (κ2) is 7.93. The van der Waals surface area contributed by atoms with Crippen LogP contribution in [0.4, 0.5) is 0 Å². The van der Waals surface area contributed by atoms with Crippen LogP contribution in [-0.4, -0.2) is 43.6 Å². The van der Waals surface area contributed by atoms with Gasteiger partial charge in [-0.05, 0) is 56.4 Å². The number of piperidine rings is 1. The van der Waals surface area contributed by atoms with Gasteiger partial charge < -0.3 is 4.90 Å². The van der Waals surface area contributed by atoms with Crippen LogP contribution >= 0.6 is 0 Å². The fourth-order valence-electron chi connectivity index (χ4n) is 4.33. The van der Waals surface area contributed by atoms with Crippen LogP contribution < -0.4 is 0 Å². The normalized spacial score (nSPS) is 15.4. The summed E-state index contributed by atoms with van der Waals surface area (Å²) in [7, 11) is 0. The highest BCUT2D eigenvalue weighted by atomic mass is 16.2. The minimum absolute atomic E-state index is 0.0696. The quantitative estimate of drug-likeness (QED) is 0.671. The molecule has 6 heteroatoms. The van der Waals surface area contributed by atoms with Crippen molar-refractivity contribution in [2.45, 2.75) is 53.0 Å². The van der Waals surface area contributed by atoms with Gasteiger partial charge in [-0.15, -0.1) is 0 Å². The average Bonchev–Trinajstić information content (AvgIpc) is 3.06. The van der Waals surface area contributed by atoms with Crippen LogP contribution in [0.1, 0.15) is 59.9 Å². The standard InChI is InChI=1S/C23H29N5O/c1-15(2)14-28-22-20(16(3)12-17(4)25-22)21(26-28)18-7-10-27(11-8-18)23(29)19-6-5-9-24-13-19/h5-6,9,12-13,15,18H,7-8,10-11,14H2,1-4H3. The lowest BCUT2D eigenvalue weighted by Gasteiger charge is -2.31. The first kappa shape index (κ1) is 19.6. The Morgan fingerprint density at radius 3 is 2.66 bits per heavy atom. The van der Waals surface area contributed by atoms with Crippen LogP contribution in [0.5, 0.6) is 0 Å². The molecule has 1 aliphatic heterocycles. The number of amides is 1. The van der Waals surface area contributed by atoms with E-state index >= 15 is 0 Å². The minimum Gasteiger partial charge on any atom is -0.339 e. The molecule has 0 aliphatic carbocycles. The highest BCUT2D eigenvalue weighted by molar-refractivity contribution is 5.94. The molecule has 1 fully saturated rings. The molecular weight excluding hydrogens is 362 g/mol. The summed E-state index contributed by atoms with van der Waals surface area (Å²) in [4.78, 5) is 23.6. The van der Waals surface area contributed by atoms with Crippen molar-refractivity contribution in [2.75, 3.05) is 13.1 Å². The molecule has 4 rings (SSSR count). The first-order chi connectivity index (χ1) is 13.9. The Labute approximate surface area is 172 Å². The van der Waals surface area contributed by atoms with E-state index in [1.54, 1.807) is 12.4 Å². The number of hydrogen-bond donors (Lipinski definition) is 0. The third kappa shape index (κ3) is 3.88. The Morgan fingerprint density at radius 2 is 2.00 bits per heavy atom. The number of carbonyl (C=O) groups excluding carboxylic acids is 1. The molecule has 3 aromatic rings. The highest BCUT2D eigenvalue weighted by Crippen LogP contribution is 2.34. The van der Waals surface area contributed by atoms with Gasteiger partial charge in [-0.1, -0.05) is 13.8 Å². The SMILES string of the molecule is Cc1cc(C)c2c(C3CCN(C(=O)c4cccnc4)CC3)nn(CC(C)C)c2n1. The monoisotopic (exact) mass is 391 g/mol. The fraction of sp³-hybridized carbons (Fsp3) is 0.478. The van der Waals surface area contributed by atoms with E-state index in [9.17, 15) is 4.79 Å². The smallest absolute Gasteiger partial charge is 0.255 e. The second-order valence-corrected chi connectivity index (χ2v) is 8.55. The van der Waals surface area contributed by atoms with Gasteiger partial charge in [-0.3, -0.25) is 9.78 Å². The van der Waals surface area contributed by atoms with Crippen molar-refractivity contribution < 1.29 is 4.79 Å². The largest absolute Gasteiger partial charge is 0.339 e. The summed E-state index contributed by atoms with van der Waals surface area (Å²) in [6.07, 6.45) is 5.19. The molecule has 0 N–H and O–H groups in total. The number of hydrogen-bond acceptors (Lipinski definition) is 4. The van der Waals surface area contributed by atoms with Crippen molar-refractivity contribution in [3.05, 3.63) is 53.1 Å². The first-order valence-corrected chi connectivity index (χ1v) is 10.5. The third-order valence-electron chi connectivity index (χ3n) is 5.67. The molecule has 0 saturated carbocycles. The molecule has 0 radical (unpaired) electrons. The zero-order valence-corrected chi connectivity index (χ0v) is 17.7. The van der Waals surface area contributed by atoms with E-state index in [0.29, 0.717) is 17.4 Å². The van der Waals surface area contributed by atoms with Gasteiger partial charge in [-0.25, -0.2) is 9.67 Å². The fourth-order valence-corrected chi connectivity index (χ4v) is 4.33. The summed E-state index contributed by atoms with van der Waals surface area (Å²) in [6.45, 7) is 11.0. The lowest BCUT2D eigenvalue weighted by molar-refractivity contribution is 0.0711. The maximum atomic E-state index is 12.7. The summed E-state index contributed by atoms with van der Waals surface area (Å²) < 4.78 is 2.09. The number of likely N-dealkylation sites (tertiary alicyclic amines) is 1. The molecule has 1 amide bonds. The van der Waals surface area contributed by atoms with Gasteiger partial charge in [0.2, 0.25) is 0 Å². The summed E-state index contributed by atoms with van der Waals surface area (Å²) in [6, 6.07) is 5.79. The number of carbonyl (C=O) groups is 1. The predicted octanol–water partition coefficient (Wildman–Crippen LogP) is 4.12. The van der Waals surface area contributed by atoms with Crippen molar-refractivity contribution in [3.63, 3.8) is 0 Å². The summed E-state index contributed by atoms with van der Waals surface area (Å²) >= 11 is 0. The maximum absolute atomic E-state index is 12.7. The molecule has 152 valence electrons. The van der Waals surface area contributed by atoms with E-state index in [-0.39, 0.29) is 5.91 Å². The lowest BCUT2D eigenvalue weighted by atomic mass is 9.90. The van der Waals surface area contributed by atoms with E-state index in [1.807, 2.05) is 24.0 Å². The van der Waals surface area contributed by atoms with E-state index in [4.69, 9.17) is 10.1 Å². The average molecular weight is 392 g/mol. The predicted molar refractivity (Wildman–Crippen MR) is 114 cm³/mol. The van der Waals surface area contributed by atoms with Gasteiger partial charge in [0.1, 0.15) is 0 Å². The Bertz CT molecular complexity index is 1020. The summed E-state index contributed by atoms with van der Waals surface area (Å²) in [5.41, 5.74) is 5.09. The number of fused-ring (bicyclic) bond motifs is 1. The zero-order valence-electron chi connectivity index (χ0n) is 17.7. The molecule has 0 unspecified atom stereocenters. The number of pyridine rings is 2. The van der Waals surface area contributed by atoms with Crippen molar-refractivity contribution >= 4 is 16.9 Å². The van der Waals surface area contributed by atoms with Crippen LogP contribution in [0.25, 0.3) is 11.0 Å². The molecule has 1 saturated heterocycles. The van der Waals surface area contributed by atoms with Crippen LogP contribution in [-0.2, 0) is 6.54 Å². The highest BCUT2D eigenvalue weighted by Gasteiger charge is 2.29. The van der Waals surface area contributed by atoms with Gasteiger partial charge in [0.15, 0.2) is 5.65 Å². The van der Waals surface area contributed by atoms with Crippen LogP contribution in [0.3, 0.4) is 0 Å². The van der Waals surface area contributed by atoms with Crippen molar-refractivity contribution in [3.8, 4) is 0 Å². The van der Waals surface area contributed by atoms with Crippen LogP contribution in [0, 0.1) is 19.8 Å². The molecule has 29 heavy (non-hydrogen) atoms. The minimum atomic E-state index is 0.0696. The van der Waals surface area contributed by atoms with Crippen molar-refractivity contribution in [2.24, 2.45) is 5.92 Å². The Hall–Kier alpha value is -2.76. The summed E-state index contributed by atoms with van der Waals surface area (Å²) in [5.74, 6) is 0.930. The van der Waals surface area contributed by atoms with Gasteiger partial charge in [0.05, 0.1) is 11.3 Å². The van der Waals surface area contributed by atoms with E-state index in [2.05, 4.69) is 36.5 Å². The Balaban J connectivity index is 1.59. The maximum Gasteiger partial charge on any atom is 0.255 e. The van der Waals surface area contributed by atoms with Crippen molar-refractivity contribution in [1.29, 1.82) is 0 Å². The van der Waals surface area contributed by atoms with Crippen LogP contribution in [0.15, 0.2) is 30.6 Å². The molecule has 0 aromatic carbocycles. The lowest BCUT2D eigenvalue weighted by Crippen LogP contribution is -2.38. The van der Waals surface area contributed by atoms with E-state index in [1.165, 1.54) is 10.9 Å². The van der Waals surface area contributed by atoms with Crippen molar-refractivity contribution in [1.82, 2.24) is 24.6 Å². The van der Waals surface area contributed by atoms with Gasteiger partial charge in [0, 0.05) is 49.0 Å². The molecule has 0 spiro atoms. The Kier molecular flexibility index (Phi) is 5.35.